The molecule has 0 saturated carbocycles. The molecule has 0 bridgehead atoms. The summed E-state index contributed by atoms with van der Waals surface area (Å²) in [5.74, 6) is -0.111. The van der Waals surface area contributed by atoms with Gasteiger partial charge in [-0.2, -0.15) is 0 Å². The van der Waals surface area contributed by atoms with E-state index in [1.54, 1.807) is 17.0 Å². The van der Waals surface area contributed by atoms with Gasteiger partial charge in [-0.05, 0) is 39.4 Å². The molecule has 148 valence electrons. The molecule has 0 aliphatic rings. The Morgan fingerprint density at radius 3 is 2.37 bits per heavy atom. The van der Waals surface area contributed by atoms with Crippen LogP contribution in [-0.4, -0.2) is 69.8 Å². The zero-order valence-electron chi connectivity index (χ0n) is 16.5. The number of carbonyl (C=O) groups is 1. The Morgan fingerprint density at radius 2 is 1.70 bits per heavy atom. The van der Waals surface area contributed by atoms with Gasteiger partial charge < -0.3 is 15.1 Å². The predicted octanol–water partition coefficient (Wildman–Crippen LogP) is 2.60. The number of likely N-dealkylation sites (N-methyl/N-ethyl adjacent to an activating group) is 1. The Bertz CT molecular complexity index is 874. The Balaban J connectivity index is 2.12. The predicted molar refractivity (Wildman–Crippen MR) is 110 cm³/mol. The Morgan fingerprint density at radius 1 is 1.04 bits per heavy atom. The van der Waals surface area contributed by atoms with Gasteiger partial charge in [0.1, 0.15) is 0 Å². The first-order valence-corrected chi connectivity index (χ1v) is 10.8. The van der Waals surface area contributed by atoms with E-state index in [9.17, 15) is 13.2 Å². The molecule has 2 aromatic carbocycles. The summed E-state index contributed by atoms with van der Waals surface area (Å²) in [6.45, 7) is 5.17. The summed E-state index contributed by atoms with van der Waals surface area (Å²) in [7, 11) is 0.354. The molecule has 2 amide bonds. The van der Waals surface area contributed by atoms with Gasteiger partial charge in [-0.15, -0.1) is 0 Å². The average molecular weight is 392 g/mol. The van der Waals surface area contributed by atoms with Gasteiger partial charge in [-0.25, -0.2) is 13.2 Å². The van der Waals surface area contributed by atoms with Crippen LogP contribution >= 0.6 is 0 Å². The molecular formula is C20H29N3O3S. The zero-order chi connectivity index (χ0) is 20.0. The van der Waals surface area contributed by atoms with Gasteiger partial charge in [0.15, 0.2) is 9.84 Å². The van der Waals surface area contributed by atoms with Crippen molar-refractivity contribution < 1.29 is 13.2 Å². The van der Waals surface area contributed by atoms with E-state index in [1.807, 2.05) is 63.2 Å². The Kier molecular flexibility index (Phi) is 7.21. The van der Waals surface area contributed by atoms with Gasteiger partial charge in [0, 0.05) is 31.1 Å². The van der Waals surface area contributed by atoms with Crippen molar-refractivity contribution in [3.8, 4) is 0 Å². The molecule has 6 nitrogen and oxygen atoms in total. The molecule has 0 saturated heterocycles. The van der Waals surface area contributed by atoms with E-state index >= 15 is 0 Å². The first-order chi connectivity index (χ1) is 12.7. The molecule has 0 radical (unpaired) electrons. The highest BCUT2D eigenvalue weighted by atomic mass is 32.2. The quantitative estimate of drug-likeness (QED) is 0.751. The van der Waals surface area contributed by atoms with E-state index < -0.39 is 9.84 Å². The van der Waals surface area contributed by atoms with Crippen LogP contribution in [0.25, 0.3) is 10.8 Å². The van der Waals surface area contributed by atoms with E-state index in [1.165, 1.54) is 0 Å². The van der Waals surface area contributed by atoms with E-state index in [0.29, 0.717) is 16.8 Å². The first-order valence-electron chi connectivity index (χ1n) is 9.12. The molecule has 27 heavy (non-hydrogen) atoms. The lowest BCUT2D eigenvalue weighted by molar-refractivity contribution is 0.186. The molecule has 0 fully saturated rings. The number of sulfone groups is 1. The summed E-state index contributed by atoms with van der Waals surface area (Å²) < 4.78 is 25.9. The van der Waals surface area contributed by atoms with Crippen molar-refractivity contribution in [1.82, 2.24) is 15.1 Å². The lowest BCUT2D eigenvalue weighted by Crippen LogP contribution is -2.47. The van der Waals surface area contributed by atoms with Crippen LogP contribution in [0.3, 0.4) is 0 Å². The normalized spacial score (nSPS) is 11.9. The highest BCUT2D eigenvalue weighted by molar-refractivity contribution is 7.91. The minimum absolute atomic E-state index is 0.0907. The summed E-state index contributed by atoms with van der Waals surface area (Å²) in [6, 6.07) is 12.4. The Labute approximate surface area is 162 Å². The third kappa shape index (κ3) is 5.68. The van der Waals surface area contributed by atoms with Crippen LogP contribution in [0.1, 0.15) is 13.8 Å². The smallest absolute Gasteiger partial charge is 0.317 e. The number of hydrogen-bond donors (Lipinski definition) is 1. The van der Waals surface area contributed by atoms with Crippen molar-refractivity contribution in [3.63, 3.8) is 0 Å². The molecule has 2 rings (SSSR count). The average Bonchev–Trinajstić information content (AvgIpc) is 2.60. The SMILES string of the molecule is CC(C)N(CCS(=O)(=O)c1cccc2ccccc12)C(=O)NCCN(C)C. The van der Waals surface area contributed by atoms with Gasteiger partial charge in [-0.1, -0.05) is 36.4 Å². The number of nitrogens with one attached hydrogen (secondary N) is 1. The van der Waals surface area contributed by atoms with E-state index in [4.69, 9.17) is 0 Å². The summed E-state index contributed by atoms with van der Waals surface area (Å²) in [6.07, 6.45) is 0. The number of hydrogen-bond acceptors (Lipinski definition) is 4. The third-order valence-corrected chi connectivity index (χ3v) is 6.15. The third-order valence-electron chi connectivity index (χ3n) is 4.41. The fraction of sp³-hybridized carbons (Fsp3) is 0.450. The summed E-state index contributed by atoms with van der Waals surface area (Å²) in [4.78, 5) is 16.3. The topological polar surface area (TPSA) is 69.7 Å². The molecule has 7 heteroatoms. The van der Waals surface area contributed by atoms with Crippen LogP contribution in [0.5, 0.6) is 0 Å². The van der Waals surface area contributed by atoms with Crippen molar-refractivity contribution in [1.29, 1.82) is 0 Å². The molecule has 2 aromatic rings. The maximum absolute atomic E-state index is 12.9. The van der Waals surface area contributed by atoms with Gasteiger partial charge in [-0.3, -0.25) is 0 Å². The maximum atomic E-state index is 12.9. The Hall–Kier alpha value is -2.12. The van der Waals surface area contributed by atoms with E-state index in [-0.39, 0.29) is 24.4 Å². The number of fused-ring (bicyclic) bond motifs is 1. The van der Waals surface area contributed by atoms with Crippen molar-refractivity contribution >= 4 is 26.6 Å². The molecule has 0 unspecified atom stereocenters. The van der Waals surface area contributed by atoms with Crippen molar-refractivity contribution in [2.75, 3.05) is 39.5 Å². The zero-order valence-corrected chi connectivity index (χ0v) is 17.3. The number of rotatable bonds is 8. The van der Waals surface area contributed by atoms with Crippen molar-refractivity contribution in [2.45, 2.75) is 24.8 Å². The fourth-order valence-corrected chi connectivity index (χ4v) is 4.34. The van der Waals surface area contributed by atoms with Crippen LogP contribution in [-0.2, 0) is 9.84 Å². The van der Waals surface area contributed by atoms with Gasteiger partial charge >= 0.3 is 6.03 Å². The second kappa shape index (κ2) is 9.19. The molecular weight excluding hydrogens is 362 g/mol. The van der Waals surface area contributed by atoms with E-state index in [2.05, 4.69) is 5.32 Å². The number of nitrogens with zero attached hydrogens (tertiary/aromatic N) is 2. The van der Waals surface area contributed by atoms with Gasteiger partial charge in [0.05, 0.1) is 10.6 Å². The lowest BCUT2D eigenvalue weighted by atomic mass is 10.1. The second-order valence-electron chi connectivity index (χ2n) is 7.12. The standard InChI is InChI=1S/C20H29N3O3S/c1-16(2)23(20(24)21-12-13-22(3)4)14-15-27(25,26)19-11-7-9-17-8-5-6-10-18(17)19/h5-11,16H,12-15H2,1-4H3,(H,21,24). The minimum atomic E-state index is -3.51. The van der Waals surface area contributed by atoms with Gasteiger partial charge in [0.2, 0.25) is 0 Å². The molecule has 1 N–H and O–H groups in total. The molecule has 0 aliphatic heterocycles. The number of carbonyl (C=O) groups excluding carboxylic acids is 1. The summed E-state index contributed by atoms with van der Waals surface area (Å²) >= 11 is 0. The van der Waals surface area contributed by atoms with E-state index in [0.717, 1.165) is 11.9 Å². The van der Waals surface area contributed by atoms with Crippen molar-refractivity contribution in [2.24, 2.45) is 0 Å². The number of urea groups is 1. The second-order valence-corrected chi connectivity index (χ2v) is 9.20. The highest BCUT2D eigenvalue weighted by Gasteiger charge is 2.22. The van der Waals surface area contributed by atoms with Gasteiger partial charge in [0.25, 0.3) is 0 Å². The minimum Gasteiger partial charge on any atom is -0.337 e. The number of benzene rings is 2. The first kappa shape index (κ1) is 21.2. The van der Waals surface area contributed by atoms with Crippen LogP contribution < -0.4 is 5.32 Å². The van der Waals surface area contributed by atoms with Crippen molar-refractivity contribution in [3.05, 3.63) is 42.5 Å². The van der Waals surface area contributed by atoms with Crippen LogP contribution in [0, 0.1) is 0 Å². The molecule has 0 heterocycles. The molecule has 0 aliphatic carbocycles. The fourth-order valence-electron chi connectivity index (χ4n) is 2.88. The summed E-state index contributed by atoms with van der Waals surface area (Å²) in [5, 5.41) is 4.46. The molecule has 0 aromatic heterocycles. The monoisotopic (exact) mass is 391 g/mol. The summed E-state index contributed by atoms with van der Waals surface area (Å²) in [5.41, 5.74) is 0. The molecule has 0 spiro atoms. The maximum Gasteiger partial charge on any atom is 0.317 e. The lowest BCUT2D eigenvalue weighted by Gasteiger charge is -2.27. The highest BCUT2D eigenvalue weighted by Crippen LogP contribution is 2.23. The number of amides is 2. The molecule has 0 atom stereocenters. The largest absolute Gasteiger partial charge is 0.337 e. The van der Waals surface area contributed by atoms with Crippen LogP contribution in [0.2, 0.25) is 0 Å². The van der Waals surface area contributed by atoms with Crippen LogP contribution in [0.4, 0.5) is 4.79 Å². The van der Waals surface area contributed by atoms with Crippen LogP contribution in [0.15, 0.2) is 47.4 Å².